The second-order valence-corrected chi connectivity index (χ2v) is 2.62. The number of nitrogens with two attached hydrogens (primary N) is 1. The molecule has 0 bridgehead atoms. The Kier molecular flexibility index (Phi) is 3.31. The van der Waals surface area contributed by atoms with Crippen LogP contribution in [-0.4, -0.2) is 11.6 Å². The summed E-state index contributed by atoms with van der Waals surface area (Å²) in [5.74, 6) is 0.572. The van der Waals surface area contributed by atoms with Crippen LogP contribution in [0, 0.1) is 0 Å². The van der Waals surface area contributed by atoms with Crippen molar-refractivity contribution >= 4 is 11.6 Å². The minimum absolute atomic E-state index is 0.333. The minimum Gasteiger partial charge on any atom is -0.478 e. The van der Waals surface area contributed by atoms with Gasteiger partial charge < -0.3 is 10.5 Å². The molecule has 0 unspecified atom stereocenters. The highest BCUT2D eigenvalue weighted by atomic mass is 35.5. The summed E-state index contributed by atoms with van der Waals surface area (Å²) in [5.41, 5.74) is 6.08. The van der Waals surface area contributed by atoms with Crippen LogP contribution in [0.1, 0.15) is 12.6 Å². The second-order valence-electron chi connectivity index (χ2n) is 2.22. The van der Waals surface area contributed by atoms with Crippen molar-refractivity contribution in [2.24, 2.45) is 5.73 Å². The molecule has 0 saturated heterocycles. The molecule has 0 aliphatic rings. The van der Waals surface area contributed by atoms with Gasteiger partial charge in [0.15, 0.2) is 0 Å². The van der Waals surface area contributed by atoms with Gasteiger partial charge in [-0.15, -0.1) is 0 Å². The first-order chi connectivity index (χ1) is 5.77. The Labute approximate surface area is 76.5 Å². The van der Waals surface area contributed by atoms with Crippen LogP contribution in [0.3, 0.4) is 0 Å². The van der Waals surface area contributed by atoms with Crippen molar-refractivity contribution in [1.82, 2.24) is 4.98 Å². The fraction of sp³-hybridized carbons (Fsp3) is 0.375. The van der Waals surface area contributed by atoms with Crippen molar-refractivity contribution in [2.45, 2.75) is 13.5 Å². The molecule has 0 aliphatic carbocycles. The van der Waals surface area contributed by atoms with Crippen LogP contribution in [0.2, 0.25) is 5.02 Å². The molecule has 0 fully saturated rings. The third kappa shape index (κ3) is 2.09. The first-order valence-electron chi connectivity index (χ1n) is 3.76. The Morgan fingerprint density at radius 3 is 2.92 bits per heavy atom. The number of hydrogen-bond acceptors (Lipinski definition) is 3. The van der Waals surface area contributed by atoms with Crippen LogP contribution < -0.4 is 10.5 Å². The molecule has 0 radical (unpaired) electrons. The maximum Gasteiger partial charge on any atom is 0.213 e. The molecule has 1 heterocycles. The number of hydrogen-bond donors (Lipinski definition) is 1. The zero-order valence-corrected chi connectivity index (χ0v) is 7.64. The van der Waals surface area contributed by atoms with E-state index in [1.165, 1.54) is 0 Å². The van der Waals surface area contributed by atoms with Crippen LogP contribution in [0.4, 0.5) is 0 Å². The first kappa shape index (κ1) is 9.29. The summed E-state index contributed by atoms with van der Waals surface area (Å²) in [4.78, 5) is 4.10. The average molecular weight is 187 g/mol. The topological polar surface area (TPSA) is 48.1 Å². The third-order valence-electron chi connectivity index (χ3n) is 1.38. The fourth-order valence-corrected chi connectivity index (χ4v) is 1.02. The van der Waals surface area contributed by atoms with Crippen molar-refractivity contribution < 1.29 is 4.74 Å². The smallest absolute Gasteiger partial charge is 0.213 e. The van der Waals surface area contributed by atoms with Crippen LogP contribution in [-0.2, 0) is 6.54 Å². The molecule has 0 saturated carbocycles. The van der Waals surface area contributed by atoms with Gasteiger partial charge in [0.1, 0.15) is 0 Å². The maximum absolute atomic E-state index is 5.80. The van der Waals surface area contributed by atoms with E-state index in [0.717, 1.165) is 0 Å². The van der Waals surface area contributed by atoms with Gasteiger partial charge in [0.25, 0.3) is 0 Å². The lowest BCUT2D eigenvalue weighted by Gasteiger charge is -2.04. The lowest BCUT2D eigenvalue weighted by atomic mass is 10.3. The molecule has 66 valence electrons. The number of ether oxygens (including phenoxy) is 1. The predicted octanol–water partition coefficient (Wildman–Crippen LogP) is 1.59. The van der Waals surface area contributed by atoms with Crippen LogP contribution in [0.25, 0.3) is 0 Å². The first-order valence-corrected chi connectivity index (χ1v) is 4.14. The molecule has 3 nitrogen and oxygen atoms in total. The zero-order chi connectivity index (χ0) is 8.97. The van der Waals surface area contributed by atoms with Gasteiger partial charge in [-0.05, 0) is 13.0 Å². The molecule has 1 aromatic heterocycles. The Morgan fingerprint density at radius 2 is 2.33 bits per heavy atom. The summed E-state index contributed by atoms with van der Waals surface area (Å²) < 4.78 is 5.18. The van der Waals surface area contributed by atoms with Gasteiger partial charge in [0, 0.05) is 12.6 Å². The molecule has 12 heavy (non-hydrogen) atoms. The Hall–Kier alpha value is -0.800. The van der Waals surface area contributed by atoms with Gasteiger partial charge in [0.05, 0.1) is 17.3 Å². The minimum atomic E-state index is 0.333. The second kappa shape index (κ2) is 4.28. The van der Waals surface area contributed by atoms with E-state index < -0.39 is 0 Å². The molecule has 0 aromatic carbocycles. The Bertz CT molecular complexity index is 265. The largest absolute Gasteiger partial charge is 0.478 e. The summed E-state index contributed by atoms with van der Waals surface area (Å²) in [6.07, 6.45) is 0. The van der Waals surface area contributed by atoms with E-state index in [9.17, 15) is 0 Å². The van der Waals surface area contributed by atoms with Crippen molar-refractivity contribution in [3.8, 4) is 5.88 Å². The van der Waals surface area contributed by atoms with Crippen LogP contribution in [0.15, 0.2) is 12.1 Å². The summed E-state index contributed by atoms with van der Waals surface area (Å²) in [7, 11) is 0. The fourth-order valence-electron chi connectivity index (χ4n) is 0.836. The van der Waals surface area contributed by atoms with E-state index in [2.05, 4.69) is 4.98 Å². The summed E-state index contributed by atoms with van der Waals surface area (Å²) in [6, 6.07) is 3.47. The molecule has 0 aliphatic heterocycles. The lowest BCUT2D eigenvalue weighted by Crippen LogP contribution is -2.02. The average Bonchev–Trinajstić information content (AvgIpc) is 2.09. The zero-order valence-electron chi connectivity index (χ0n) is 6.88. The molecule has 4 heteroatoms. The molecular weight excluding hydrogens is 176 g/mol. The van der Waals surface area contributed by atoms with Crippen molar-refractivity contribution in [2.75, 3.05) is 6.61 Å². The predicted molar refractivity (Wildman–Crippen MR) is 48.3 cm³/mol. The Balaban J connectivity index is 2.89. The normalized spacial score (nSPS) is 9.92. The number of rotatable bonds is 3. The van der Waals surface area contributed by atoms with E-state index >= 15 is 0 Å². The molecule has 1 rings (SSSR count). The number of halogens is 1. The van der Waals surface area contributed by atoms with Crippen LogP contribution >= 0.6 is 11.6 Å². The molecule has 1 aromatic rings. The van der Waals surface area contributed by atoms with Gasteiger partial charge in [-0.25, -0.2) is 4.98 Å². The van der Waals surface area contributed by atoms with Gasteiger partial charge in [-0.3, -0.25) is 0 Å². The van der Waals surface area contributed by atoms with Gasteiger partial charge in [-0.1, -0.05) is 11.6 Å². The molecule has 0 atom stereocenters. The van der Waals surface area contributed by atoms with Gasteiger partial charge >= 0.3 is 0 Å². The van der Waals surface area contributed by atoms with Gasteiger partial charge in [-0.2, -0.15) is 0 Å². The lowest BCUT2D eigenvalue weighted by molar-refractivity contribution is 0.326. The summed E-state index contributed by atoms with van der Waals surface area (Å²) in [5, 5.41) is 0.584. The number of nitrogens with zero attached hydrogens (tertiary/aromatic N) is 1. The van der Waals surface area contributed by atoms with E-state index in [1.54, 1.807) is 12.1 Å². The highest BCUT2D eigenvalue weighted by molar-refractivity contribution is 6.31. The molecule has 0 spiro atoms. The monoisotopic (exact) mass is 186 g/mol. The van der Waals surface area contributed by atoms with Crippen molar-refractivity contribution in [3.63, 3.8) is 0 Å². The van der Waals surface area contributed by atoms with E-state index in [1.807, 2.05) is 6.92 Å². The standard InChI is InChI=1S/C8H11ClN2O/c1-2-12-8-4-3-6(9)7(5-10)11-8/h3-4H,2,5,10H2,1H3. The van der Waals surface area contributed by atoms with Crippen molar-refractivity contribution in [3.05, 3.63) is 22.8 Å². The van der Waals surface area contributed by atoms with Crippen LogP contribution in [0.5, 0.6) is 5.88 Å². The SMILES string of the molecule is CCOc1ccc(Cl)c(CN)n1. The Morgan fingerprint density at radius 1 is 1.58 bits per heavy atom. The van der Waals surface area contributed by atoms with Gasteiger partial charge in [0.2, 0.25) is 5.88 Å². The quantitative estimate of drug-likeness (QED) is 0.780. The van der Waals surface area contributed by atoms with E-state index in [-0.39, 0.29) is 0 Å². The maximum atomic E-state index is 5.80. The molecule has 2 N–H and O–H groups in total. The summed E-state index contributed by atoms with van der Waals surface area (Å²) in [6.45, 7) is 2.83. The number of pyridine rings is 1. The number of aromatic nitrogens is 1. The summed E-state index contributed by atoms with van der Waals surface area (Å²) >= 11 is 5.80. The molecule has 0 amide bonds. The van der Waals surface area contributed by atoms with E-state index in [4.69, 9.17) is 22.1 Å². The third-order valence-corrected chi connectivity index (χ3v) is 1.72. The highest BCUT2D eigenvalue weighted by Gasteiger charge is 2.01. The van der Waals surface area contributed by atoms with E-state index in [0.29, 0.717) is 29.7 Å². The molecular formula is C8H11ClN2O. The highest BCUT2D eigenvalue weighted by Crippen LogP contribution is 2.17. The van der Waals surface area contributed by atoms with Crippen molar-refractivity contribution in [1.29, 1.82) is 0 Å².